The fraction of sp³-hybridized carbons (Fsp3) is 0.500. The van der Waals surface area contributed by atoms with Gasteiger partial charge < -0.3 is 20.5 Å². The van der Waals surface area contributed by atoms with Crippen LogP contribution in [-0.2, 0) is 6.42 Å². The number of ether oxygens (including phenoxy) is 2. The van der Waals surface area contributed by atoms with Crippen molar-refractivity contribution < 1.29 is 9.47 Å². The van der Waals surface area contributed by atoms with Gasteiger partial charge in [0.2, 0.25) is 0 Å². The maximum atomic E-state index is 5.72. The molecule has 3 N–H and O–H groups in total. The number of nitrogens with one attached hydrogen (secondary N) is 1. The molecule has 5 nitrogen and oxygen atoms in total. The van der Waals surface area contributed by atoms with Crippen LogP contribution >= 0.6 is 24.0 Å². The lowest BCUT2D eigenvalue weighted by Crippen LogP contribution is -2.33. The van der Waals surface area contributed by atoms with Gasteiger partial charge in [-0.1, -0.05) is 13.0 Å². The van der Waals surface area contributed by atoms with Crippen LogP contribution in [0.1, 0.15) is 18.9 Å². The first-order valence-electron chi connectivity index (χ1n) is 6.46. The van der Waals surface area contributed by atoms with Crippen LogP contribution in [0.15, 0.2) is 23.2 Å². The minimum Gasteiger partial charge on any atom is -0.493 e. The van der Waals surface area contributed by atoms with Gasteiger partial charge in [0.05, 0.1) is 14.2 Å². The van der Waals surface area contributed by atoms with Crippen molar-refractivity contribution in [1.82, 2.24) is 5.32 Å². The average molecular weight is 393 g/mol. The predicted molar refractivity (Wildman–Crippen MR) is 93.4 cm³/mol. The van der Waals surface area contributed by atoms with Gasteiger partial charge in [-0.2, -0.15) is 0 Å². The normalized spacial score (nSPS) is 10.7. The zero-order valence-electron chi connectivity index (χ0n) is 12.3. The third-order valence-electron chi connectivity index (χ3n) is 2.67. The highest BCUT2D eigenvalue weighted by Crippen LogP contribution is 2.27. The van der Waals surface area contributed by atoms with E-state index in [0.717, 1.165) is 43.0 Å². The van der Waals surface area contributed by atoms with E-state index in [1.54, 1.807) is 14.2 Å². The Morgan fingerprint density at radius 1 is 1.25 bits per heavy atom. The van der Waals surface area contributed by atoms with Gasteiger partial charge in [0, 0.05) is 13.1 Å². The monoisotopic (exact) mass is 393 g/mol. The quantitative estimate of drug-likeness (QED) is 0.423. The molecule has 1 aromatic carbocycles. The van der Waals surface area contributed by atoms with E-state index in [1.165, 1.54) is 0 Å². The lowest BCUT2D eigenvalue weighted by Gasteiger charge is -2.10. The van der Waals surface area contributed by atoms with Crippen molar-refractivity contribution >= 4 is 29.9 Å². The molecule has 0 bridgehead atoms. The molecule has 0 aliphatic heterocycles. The topological polar surface area (TPSA) is 68.9 Å². The molecule has 6 heteroatoms. The predicted octanol–water partition coefficient (Wildman–Crippen LogP) is 2.18. The standard InChI is InChI=1S/C14H23N3O2.HI/c1-4-8-16-14(15)17-9-7-11-5-6-12(18-2)13(10-11)19-3;/h5-6,10H,4,7-9H2,1-3H3,(H3,15,16,17);1H. The van der Waals surface area contributed by atoms with Crippen LogP contribution in [0.5, 0.6) is 11.5 Å². The molecular weight excluding hydrogens is 369 g/mol. The molecule has 0 spiro atoms. The van der Waals surface area contributed by atoms with Crippen molar-refractivity contribution in [2.45, 2.75) is 19.8 Å². The molecule has 20 heavy (non-hydrogen) atoms. The van der Waals surface area contributed by atoms with Gasteiger partial charge in [-0.3, -0.25) is 4.99 Å². The number of rotatable bonds is 7. The minimum atomic E-state index is 0. The molecule has 0 aliphatic rings. The Hall–Kier alpha value is -1.18. The highest BCUT2D eigenvalue weighted by molar-refractivity contribution is 14.0. The van der Waals surface area contributed by atoms with Crippen LogP contribution in [0, 0.1) is 0 Å². The Bertz CT molecular complexity index is 425. The van der Waals surface area contributed by atoms with Crippen LogP contribution in [-0.4, -0.2) is 33.3 Å². The first-order valence-corrected chi connectivity index (χ1v) is 6.46. The second kappa shape index (κ2) is 10.6. The number of hydrogen-bond acceptors (Lipinski definition) is 3. The maximum Gasteiger partial charge on any atom is 0.188 e. The first-order chi connectivity index (χ1) is 9.21. The summed E-state index contributed by atoms with van der Waals surface area (Å²) in [6.45, 7) is 3.57. The van der Waals surface area contributed by atoms with E-state index < -0.39 is 0 Å². The number of halogens is 1. The van der Waals surface area contributed by atoms with Crippen LogP contribution in [0.2, 0.25) is 0 Å². The number of nitrogens with two attached hydrogens (primary N) is 1. The van der Waals surface area contributed by atoms with Gasteiger partial charge in [-0.15, -0.1) is 24.0 Å². The molecule has 0 saturated heterocycles. The van der Waals surface area contributed by atoms with E-state index in [0.29, 0.717) is 5.96 Å². The van der Waals surface area contributed by atoms with E-state index in [-0.39, 0.29) is 24.0 Å². The highest BCUT2D eigenvalue weighted by atomic mass is 127. The van der Waals surface area contributed by atoms with Crippen molar-refractivity contribution in [3.63, 3.8) is 0 Å². The number of nitrogens with zero attached hydrogens (tertiary/aromatic N) is 1. The second-order valence-corrected chi connectivity index (χ2v) is 4.13. The fourth-order valence-corrected chi connectivity index (χ4v) is 1.66. The summed E-state index contributed by atoms with van der Waals surface area (Å²) < 4.78 is 10.5. The van der Waals surface area contributed by atoms with E-state index in [4.69, 9.17) is 15.2 Å². The van der Waals surface area contributed by atoms with Gasteiger partial charge in [-0.05, 0) is 30.5 Å². The Morgan fingerprint density at radius 2 is 1.95 bits per heavy atom. The van der Waals surface area contributed by atoms with Crippen molar-refractivity contribution in [2.24, 2.45) is 10.7 Å². The third kappa shape index (κ3) is 6.31. The number of guanidine groups is 1. The zero-order valence-corrected chi connectivity index (χ0v) is 14.6. The third-order valence-corrected chi connectivity index (χ3v) is 2.67. The summed E-state index contributed by atoms with van der Waals surface area (Å²) in [5, 5.41) is 3.09. The second-order valence-electron chi connectivity index (χ2n) is 4.13. The summed E-state index contributed by atoms with van der Waals surface area (Å²) in [6, 6.07) is 5.89. The van der Waals surface area contributed by atoms with E-state index >= 15 is 0 Å². The summed E-state index contributed by atoms with van der Waals surface area (Å²) >= 11 is 0. The summed E-state index contributed by atoms with van der Waals surface area (Å²) in [5.74, 6) is 1.98. The van der Waals surface area contributed by atoms with Gasteiger partial charge in [0.1, 0.15) is 0 Å². The summed E-state index contributed by atoms with van der Waals surface area (Å²) in [4.78, 5) is 4.17. The largest absolute Gasteiger partial charge is 0.493 e. The molecule has 1 rings (SSSR count). The van der Waals surface area contributed by atoms with Crippen molar-refractivity contribution in [3.8, 4) is 11.5 Å². The smallest absolute Gasteiger partial charge is 0.188 e. The molecule has 1 aromatic rings. The lowest BCUT2D eigenvalue weighted by atomic mass is 10.1. The van der Waals surface area contributed by atoms with Gasteiger partial charge in [0.15, 0.2) is 17.5 Å². The Kier molecular flexibility index (Phi) is 9.96. The zero-order chi connectivity index (χ0) is 14.1. The van der Waals surface area contributed by atoms with Crippen LogP contribution < -0.4 is 20.5 Å². The van der Waals surface area contributed by atoms with Crippen molar-refractivity contribution in [1.29, 1.82) is 0 Å². The van der Waals surface area contributed by atoms with Crippen LogP contribution in [0.25, 0.3) is 0 Å². The van der Waals surface area contributed by atoms with E-state index in [9.17, 15) is 0 Å². The fourth-order valence-electron chi connectivity index (χ4n) is 1.66. The molecule has 0 saturated carbocycles. The number of methoxy groups -OCH3 is 2. The number of benzene rings is 1. The summed E-state index contributed by atoms with van der Waals surface area (Å²) in [7, 11) is 3.26. The Balaban J connectivity index is 0.00000361. The van der Waals surface area contributed by atoms with Gasteiger partial charge in [0.25, 0.3) is 0 Å². The molecule has 114 valence electrons. The highest BCUT2D eigenvalue weighted by Gasteiger charge is 2.04. The molecule has 0 amide bonds. The van der Waals surface area contributed by atoms with Crippen LogP contribution in [0.3, 0.4) is 0 Å². The molecule has 0 radical (unpaired) electrons. The van der Waals surface area contributed by atoms with E-state index in [1.807, 2.05) is 18.2 Å². The molecule has 0 aliphatic carbocycles. The lowest BCUT2D eigenvalue weighted by molar-refractivity contribution is 0.354. The molecule has 0 unspecified atom stereocenters. The molecule has 0 atom stereocenters. The van der Waals surface area contributed by atoms with Gasteiger partial charge in [-0.25, -0.2) is 0 Å². The first kappa shape index (κ1) is 18.8. The summed E-state index contributed by atoms with van der Waals surface area (Å²) in [5.41, 5.74) is 6.88. The van der Waals surface area contributed by atoms with E-state index in [2.05, 4.69) is 17.2 Å². The van der Waals surface area contributed by atoms with Gasteiger partial charge >= 0.3 is 0 Å². The van der Waals surface area contributed by atoms with Crippen LogP contribution in [0.4, 0.5) is 0 Å². The van der Waals surface area contributed by atoms with Crippen molar-refractivity contribution in [2.75, 3.05) is 27.3 Å². The molecule has 0 heterocycles. The maximum absolute atomic E-state index is 5.72. The molecular formula is C14H24IN3O2. The Morgan fingerprint density at radius 3 is 2.55 bits per heavy atom. The molecule has 0 fully saturated rings. The number of aliphatic imine (C=N–C) groups is 1. The minimum absolute atomic E-state index is 0. The Labute approximate surface area is 138 Å². The van der Waals surface area contributed by atoms with Crippen molar-refractivity contribution in [3.05, 3.63) is 23.8 Å². The average Bonchev–Trinajstić information content (AvgIpc) is 2.44. The number of hydrogen-bond donors (Lipinski definition) is 2. The SMILES string of the molecule is CCCN=C(N)NCCc1ccc(OC)c(OC)c1.I. The summed E-state index contributed by atoms with van der Waals surface area (Å²) in [6.07, 6.45) is 1.85. The molecule has 0 aromatic heterocycles.